The van der Waals surface area contributed by atoms with Crippen molar-refractivity contribution in [2.75, 3.05) is 13.2 Å². The summed E-state index contributed by atoms with van der Waals surface area (Å²) in [6.45, 7) is 4.92. The molecule has 1 heterocycles. The maximum Gasteiger partial charge on any atom is 0.315 e. The van der Waals surface area contributed by atoms with E-state index in [1.807, 2.05) is 0 Å². The van der Waals surface area contributed by atoms with Gasteiger partial charge in [-0.15, -0.1) is 0 Å². The zero-order valence-electron chi connectivity index (χ0n) is 12.1. The summed E-state index contributed by atoms with van der Waals surface area (Å²) in [4.78, 5) is 22.9. The van der Waals surface area contributed by atoms with Gasteiger partial charge in [-0.1, -0.05) is 13.8 Å². The summed E-state index contributed by atoms with van der Waals surface area (Å²) in [5.74, 6) is -1.57. The van der Waals surface area contributed by atoms with Gasteiger partial charge in [0.2, 0.25) is 0 Å². The number of hydrogen-bond acceptors (Lipinski definition) is 3. The topological polar surface area (TPSA) is 87.7 Å². The fourth-order valence-electron chi connectivity index (χ4n) is 2.88. The minimum Gasteiger partial charge on any atom is -0.481 e. The van der Waals surface area contributed by atoms with E-state index in [4.69, 9.17) is 9.84 Å². The van der Waals surface area contributed by atoms with Gasteiger partial charge in [0, 0.05) is 6.04 Å². The van der Waals surface area contributed by atoms with E-state index in [9.17, 15) is 9.59 Å². The van der Waals surface area contributed by atoms with Gasteiger partial charge >= 0.3 is 12.0 Å². The van der Waals surface area contributed by atoms with Crippen LogP contribution in [0.25, 0.3) is 0 Å². The van der Waals surface area contributed by atoms with Crippen molar-refractivity contribution in [1.29, 1.82) is 0 Å². The van der Waals surface area contributed by atoms with E-state index < -0.39 is 17.9 Å². The van der Waals surface area contributed by atoms with Crippen LogP contribution in [0.1, 0.15) is 39.5 Å². The molecule has 1 aliphatic heterocycles. The number of urea groups is 1. The van der Waals surface area contributed by atoms with E-state index in [-0.39, 0.29) is 25.3 Å². The highest BCUT2D eigenvalue weighted by atomic mass is 16.5. The molecule has 2 atom stereocenters. The van der Waals surface area contributed by atoms with E-state index in [2.05, 4.69) is 24.5 Å². The van der Waals surface area contributed by atoms with Crippen molar-refractivity contribution in [1.82, 2.24) is 10.6 Å². The normalized spacial score (nSPS) is 29.9. The molecule has 0 bridgehead atoms. The maximum atomic E-state index is 11.9. The fraction of sp³-hybridized carbons (Fsp3) is 0.857. The SMILES string of the molecule is CC1(C)CCC(NC(=O)NC2COCC2C(=O)O)CC1. The molecule has 2 fully saturated rings. The third-order valence-corrected chi connectivity index (χ3v) is 4.39. The molecule has 2 unspecified atom stereocenters. The molecule has 3 N–H and O–H groups in total. The van der Waals surface area contributed by atoms with Gasteiger partial charge in [0.05, 0.1) is 19.3 Å². The Kier molecular flexibility index (Phi) is 4.52. The molecular weight excluding hydrogens is 260 g/mol. The van der Waals surface area contributed by atoms with Crippen molar-refractivity contribution < 1.29 is 19.4 Å². The second-order valence-corrected chi connectivity index (χ2v) is 6.64. The largest absolute Gasteiger partial charge is 0.481 e. The first kappa shape index (κ1) is 15.1. The minimum atomic E-state index is -0.924. The molecule has 2 aliphatic rings. The molecule has 0 spiro atoms. The Labute approximate surface area is 119 Å². The number of rotatable bonds is 3. The Balaban J connectivity index is 1.77. The molecule has 0 aromatic heterocycles. The lowest BCUT2D eigenvalue weighted by atomic mass is 9.76. The lowest BCUT2D eigenvalue weighted by Crippen LogP contribution is -2.50. The van der Waals surface area contributed by atoms with Crippen LogP contribution in [-0.4, -0.2) is 42.4 Å². The highest BCUT2D eigenvalue weighted by molar-refractivity contribution is 5.77. The summed E-state index contributed by atoms with van der Waals surface area (Å²) in [6, 6.07) is -0.530. The molecule has 6 heteroatoms. The summed E-state index contributed by atoms with van der Waals surface area (Å²) in [5.41, 5.74) is 0.363. The fourth-order valence-corrected chi connectivity index (χ4v) is 2.88. The molecule has 1 aliphatic carbocycles. The molecule has 6 nitrogen and oxygen atoms in total. The van der Waals surface area contributed by atoms with Crippen molar-refractivity contribution in [2.45, 2.75) is 51.6 Å². The van der Waals surface area contributed by atoms with Gasteiger partial charge in [-0.2, -0.15) is 0 Å². The molecule has 2 rings (SSSR count). The minimum absolute atomic E-state index is 0.165. The van der Waals surface area contributed by atoms with Crippen LogP contribution in [0.4, 0.5) is 4.79 Å². The lowest BCUT2D eigenvalue weighted by Gasteiger charge is -2.34. The number of amides is 2. The zero-order valence-corrected chi connectivity index (χ0v) is 12.1. The second-order valence-electron chi connectivity index (χ2n) is 6.64. The molecular formula is C14H24N2O4. The number of carboxylic acids is 1. The monoisotopic (exact) mass is 284 g/mol. The van der Waals surface area contributed by atoms with Crippen molar-refractivity contribution in [2.24, 2.45) is 11.3 Å². The Hall–Kier alpha value is -1.30. The molecule has 0 radical (unpaired) electrons. The van der Waals surface area contributed by atoms with Crippen molar-refractivity contribution >= 4 is 12.0 Å². The highest BCUT2D eigenvalue weighted by Gasteiger charge is 2.35. The van der Waals surface area contributed by atoms with Gasteiger partial charge in [-0.3, -0.25) is 4.79 Å². The molecule has 1 saturated carbocycles. The van der Waals surface area contributed by atoms with Gasteiger partial charge < -0.3 is 20.5 Å². The standard InChI is InChI=1S/C14H24N2O4/c1-14(2)5-3-9(4-6-14)15-13(19)16-11-8-20-7-10(11)12(17)18/h9-11H,3-8H2,1-2H3,(H,17,18)(H2,15,16,19). The summed E-state index contributed by atoms with van der Waals surface area (Å²) in [6.07, 6.45) is 4.15. The van der Waals surface area contributed by atoms with Crippen LogP contribution in [-0.2, 0) is 9.53 Å². The van der Waals surface area contributed by atoms with Gasteiger partial charge in [-0.25, -0.2) is 4.79 Å². The Morgan fingerprint density at radius 2 is 1.80 bits per heavy atom. The average Bonchev–Trinajstić information content (AvgIpc) is 2.80. The number of ether oxygens (including phenoxy) is 1. The van der Waals surface area contributed by atoms with E-state index in [1.165, 1.54) is 0 Å². The first-order valence-corrected chi connectivity index (χ1v) is 7.25. The van der Waals surface area contributed by atoms with Crippen LogP contribution >= 0.6 is 0 Å². The Bertz CT molecular complexity index is 373. The molecule has 1 saturated heterocycles. The zero-order chi connectivity index (χ0) is 14.8. The number of carbonyl (C=O) groups excluding carboxylic acids is 1. The van der Waals surface area contributed by atoms with Gasteiger partial charge in [0.25, 0.3) is 0 Å². The number of hydrogen-bond donors (Lipinski definition) is 3. The predicted molar refractivity (Wildman–Crippen MR) is 73.4 cm³/mol. The van der Waals surface area contributed by atoms with E-state index in [0.29, 0.717) is 5.41 Å². The lowest BCUT2D eigenvalue weighted by molar-refractivity contribution is -0.142. The Morgan fingerprint density at radius 3 is 2.40 bits per heavy atom. The van der Waals surface area contributed by atoms with Gasteiger partial charge in [0.15, 0.2) is 0 Å². The third kappa shape index (κ3) is 3.85. The molecule has 0 aromatic carbocycles. The first-order chi connectivity index (χ1) is 9.37. The van der Waals surface area contributed by atoms with Crippen LogP contribution in [0, 0.1) is 11.3 Å². The van der Waals surface area contributed by atoms with E-state index in [1.54, 1.807) is 0 Å². The molecule has 20 heavy (non-hydrogen) atoms. The second kappa shape index (κ2) is 5.99. The number of aliphatic carboxylic acids is 1. The summed E-state index contributed by atoms with van der Waals surface area (Å²) < 4.78 is 5.13. The summed E-state index contributed by atoms with van der Waals surface area (Å²) in [7, 11) is 0. The summed E-state index contributed by atoms with van der Waals surface area (Å²) >= 11 is 0. The molecule has 114 valence electrons. The number of carbonyl (C=O) groups is 2. The van der Waals surface area contributed by atoms with E-state index in [0.717, 1.165) is 25.7 Å². The van der Waals surface area contributed by atoms with Crippen LogP contribution < -0.4 is 10.6 Å². The predicted octanol–water partition coefficient (Wildman–Crippen LogP) is 1.35. The van der Waals surface area contributed by atoms with E-state index >= 15 is 0 Å². The first-order valence-electron chi connectivity index (χ1n) is 7.25. The van der Waals surface area contributed by atoms with Crippen LogP contribution in [0.15, 0.2) is 0 Å². The van der Waals surface area contributed by atoms with Crippen molar-refractivity contribution in [3.63, 3.8) is 0 Å². The Morgan fingerprint density at radius 1 is 1.15 bits per heavy atom. The summed E-state index contributed by atoms with van der Waals surface area (Å²) in [5, 5.41) is 14.7. The highest BCUT2D eigenvalue weighted by Crippen LogP contribution is 2.34. The van der Waals surface area contributed by atoms with Crippen molar-refractivity contribution in [3.8, 4) is 0 Å². The third-order valence-electron chi connectivity index (χ3n) is 4.39. The average molecular weight is 284 g/mol. The number of carboxylic acid groups (broad SMARTS) is 1. The van der Waals surface area contributed by atoms with Gasteiger partial charge in [0.1, 0.15) is 5.92 Å². The molecule has 0 aromatic rings. The maximum absolute atomic E-state index is 11.9. The smallest absolute Gasteiger partial charge is 0.315 e. The van der Waals surface area contributed by atoms with Crippen LogP contribution in [0.5, 0.6) is 0 Å². The van der Waals surface area contributed by atoms with Crippen LogP contribution in [0.2, 0.25) is 0 Å². The van der Waals surface area contributed by atoms with Gasteiger partial charge in [-0.05, 0) is 31.1 Å². The van der Waals surface area contributed by atoms with Crippen molar-refractivity contribution in [3.05, 3.63) is 0 Å². The van der Waals surface area contributed by atoms with Crippen LogP contribution in [0.3, 0.4) is 0 Å². The quantitative estimate of drug-likeness (QED) is 0.730. The number of nitrogens with one attached hydrogen (secondary N) is 2. The molecule has 2 amide bonds.